The van der Waals surface area contributed by atoms with E-state index < -0.39 is 17.7 Å². The second-order valence-corrected chi connectivity index (χ2v) is 4.91. The van der Waals surface area contributed by atoms with Gasteiger partial charge in [0.1, 0.15) is 11.6 Å². The number of aromatic nitrogens is 1. The maximum absolute atomic E-state index is 13.8. The van der Waals surface area contributed by atoms with E-state index in [0.29, 0.717) is 10.0 Å². The van der Waals surface area contributed by atoms with Crippen LogP contribution in [-0.4, -0.2) is 4.98 Å². The molecular weight excluding hydrogens is 302 g/mol. The highest BCUT2D eigenvalue weighted by atomic mass is 79.9. The summed E-state index contributed by atoms with van der Waals surface area (Å²) in [5, 5.41) is 0. The van der Waals surface area contributed by atoms with Gasteiger partial charge in [-0.2, -0.15) is 0 Å². The highest BCUT2D eigenvalue weighted by molar-refractivity contribution is 9.10. The molecule has 0 radical (unpaired) electrons. The van der Waals surface area contributed by atoms with Crippen LogP contribution >= 0.6 is 15.9 Å². The minimum Gasteiger partial charge on any atom is -0.320 e. The molecule has 0 fully saturated rings. The molecule has 94 valence electrons. The number of nitrogens with two attached hydrogens (primary N) is 1. The van der Waals surface area contributed by atoms with Gasteiger partial charge in [-0.1, -0.05) is 15.9 Å². The quantitative estimate of drug-likeness (QED) is 0.922. The Morgan fingerprint density at radius 1 is 1.28 bits per heavy atom. The van der Waals surface area contributed by atoms with Crippen LogP contribution in [0.1, 0.15) is 22.7 Å². The maximum atomic E-state index is 13.8. The summed E-state index contributed by atoms with van der Waals surface area (Å²) in [5.74, 6) is -1.34. The van der Waals surface area contributed by atoms with Gasteiger partial charge in [-0.15, -0.1) is 0 Å². The van der Waals surface area contributed by atoms with Gasteiger partial charge >= 0.3 is 0 Å². The van der Waals surface area contributed by atoms with E-state index in [2.05, 4.69) is 20.9 Å². The monoisotopic (exact) mass is 312 g/mol. The largest absolute Gasteiger partial charge is 0.320 e. The Balaban J connectivity index is 2.53. The van der Waals surface area contributed by atoms with Gasteiger partial charge in [-0.05, 0) is 36.2 Å². The molecule has 2 rings (SSSR count). The Bertz CT molecular complexity index is 564. The Morgan fingerprint density at radius 2 is 1.89 bits per heavy atom. The summed E-state index contributed by atoms with van der Waals surface area (Å²) < 4.78 is 28.0. The van der Waals surface area contributed by atoms with Gasteiger partial charge in [-0.3, -0.25) is 4.98 Å². The van der Waals surface area contributed by atoms with Crippen LogP contribution in [0.25, 0.3) is 0 Å². The van der Waals surface area contributed by atoms with Crippen LogP contribution in [0.5, 0.6) is 0 Å². The number of halogens is 3. The van der Waals surface area contributed by atoms with Crippen molar-refractivity contribution in [1.29, 1.82) is 0 Å². The lowest BCUT2D eigenvalue weighted by Gasteiger charge is -2.16. The standard InChI is InChI=1S/C13H11BrF2N2/c1-7-2-3-18-6-9(7)13(17)12-10(15)4-8(14)5-11(12)16/h2-6,13H,17H2,1H3. The zero-order chi connectivity index (χ0) is 13.3. The summed E-state index contributed by atoms with van der Waals surface area (Å²) >= 11 is 3.03. The topological polar surface area (TPSA) is 38.9 Å². The van der Waals surface area contributed by atoms with E-state index in [1.165, 1.54) is 18.3 Å². The van der Waals surface area contributed by atoms with E-state index in [1.807, 2.05) is 6.92 Å². The van der Waals surface area contributed by atoms with Gasteiger partial charge in [0.05, 0.1) is 6.04 Å². The Kier molecular flexibility index (Phi) is 3.73. The van der Waals surface area contributed by atoms with Gasteiger partial charge < -0.3 is 5.73 Å². The van der Waals surface area contributed by atoms with E-state index in [1.54, 1.807) is 12.3 Å². The molecule has 1 unspecified atom stereocenters. The zero-order valence-electron chi connectivity index (χ0n) is 9.62. The molecule has 5 heteroatoms. The van der Waals surface area contributed by atoms with Crippen LogP contribution in [0, 0.1) is 18.6 Å². The van der Waals surface area contributed by atoms with Gasteiger partial charge in [0.2, 0.25) is 0 Å². The highest BCUT2D eigenvalue weighted by Gasteiger charge is 2.20. The van der Waals surface area contributed by atoms with Crippen LogP contribution in [0.3, 0.4) is 0 Å². The maximum Gasteiger partial charge on any atom is 0.132 e. The van der Waals surface area contributed by atoms with E-state index in [9.17, 15) is 8.78 Å². The van der Waals surface area contributed by atoms with Crippen molar-refractivity contribution < 1.29 is 8.78 Å². The lowest BCUT2D eigenvalue weighted by atomic mass is 9.97. The van der Waals surface area contributed by atoms with Crippen LogP contribution in [0.2, 0.25) is 0 Å². The minimum absolute atomic E-state index is 0.144. The number of rotatable bonds is 2. The molecule has 0 spiro atoms. The molecule has 1 heterocycles. The molecule has 0 bridgehead atoms. The molecule has 18 heavy (non-hydrogen) atoms. The van der Waals surface area contributed by atoms with Gasteiger partial charge in [0.25, 0.3) is 0 Å². The smallest absolute Gasteiger partial charge is 0.132 e. The van der Waals surface area contributed by atoms with Crippen molar-refractivity contribution in [3.8, 4) is 0 Å². The first-order chi connectivity index (χ1) is 8.50. The molecule has 0 aliphatic carbocycles. The summed E-state index contributed by atoms with van der Waals surface area (Å²) in [6, 6.07) is 3.28. The third kappa shape index (κ3) is 2.42. The number of nitrogens with zero attached hydrogens (tertiary/aromatic N) is 1. The predicted octanol–water partition coefficient (Wildman–Crippen LogP) is 3.48. The molecule has 0 aliphatic rings. The molecule has 1 aromatic heterocycles. The Hall–Kier alpha value is -1.33. The van der Waals surface area contributed by atoms with Gasteiger partial charge in [-0.25, -0.2) is 8.78 Å². The fourth-order valence-electron chi connectivity index (χ4n) is 1.81. The third-order valence-corrected chi connectivity index (χ3v) is 3.23. The van der Waals surface area contributed by atoms with Crippen LogP contribution in [0.4, 0.5) is 8.78 Å². The Morgan fingerprint density at radius 3 is 2.44 bits per heavy atom. The first-order valence-electron chi connectivity index (χ1n) is 5.31. The summed E-state index contributed by atoms with van der Waals surface area (Å²) in [6.07, 6.45) is 3.14. The summed E-state index contributed by atoms with van der Waals surface area (Å²) in [5.41, 5.74) is 7.24. The molecule has 0 saturated heterocycles. The molecule has 2 nitrogen and oxygen atoms in total. The summed E-state index contributed by atoms with van der Waals surface area (Å²) in [4.78, 5) is 3.93. The minimum atomic E-state index is -0.869. The summed E-state index contributed by atoms with van der Waals surface area (Å²) in [6.45, 7) is 1.82. The second kappa shape index (κ2) is 5.12. The third-order valence-electron chi connectivity index (χ3n) is 2.77. The zero-order valence-corrected chi connectivity index (χ0v) is 11.2. The molecular formula is C13H11BrF2N2. The molecule has 2 N–H and O–H groups in total. The number of hydrogen-bond acceptors (Lipinski definition) is 2. The normalized spacial score (nSPS) is 12.5. The van der Waals surface area contributed by atoms with Crippen molar-refractivity contribution in [1.82, 2.24) is 4.98 Å². The van der Waals surface area contributed by atoms with E-state index in [4.69, 9.17) is 5.73 Å². The van der Waals surface area contributed by atoms with Crippen molar-refractivity contribution in [2.45, 2.75) is 13.0 Å². The summed E-state index contributed by atoms with van der Waals surface area (Å²) in [7, 11) is 0. The van der Waals surface area contributed by atoms with Crippen molar-refractivity contribution in [3.63, 3.8) is 0 Å². The molecule has 1 aromatic carbocycles. The highest BCUT2D eigenvalue weighted by Crippen LogP contribution is 2.28. The van der Waals surface area contributed by atoms with Crippen molar-refractivity contribution in [2.24, 2.45) is 5.73 Å². The number of pyridine rings is 1. The lowest BCUT2D eigenvalue weighted by molar-refractivity contribution is 0.541. The first kappa shape index (κ1) is 13.1. The molecule has 0 aliphatic heterocycles. The molecule has 1 atom stereocenters. The van der Waals surface area contributed by atoms with Crippen LogP contribution in [0.15, 0.2) is 35.1 Å². The lowest BCUT2D eigenvalue weighted by Crippen LogP contribution is -2.17. The van der Waals surface area contributed by atoms with Crippen LogP contribution < -0.4 is 5.73 Å². The van der Waals surface area contributed by atoms with Crippen molar-refractivity contribution in [2.75, 3.05) is 0 Å². The average Bonchev–Trinajstić information content (AvgIpc) is 2.27. The van der Waals surface area contributed by atoms with Gasteiger partial charge in [0, 0.05) is 22.4 Å². The Labute approximate surface area is 112 Å². The van der Waals surface area contributed by atoms with E-state index >= 15 is 0 Å². The fourth-order valence-corrected chi connectivity index (χ4v) is 2.21. The molecule has 0 saturated carbocycles. The number of benzene rings is 1. The average molecular weight is 313 g/mol. The molecule has 0 amide bonds. The number of hydrogen-bond donors (Lipinski definition) is 1. The van der Waals surface area contributed by atoms with E-state index in [-0.39, 0.29) is 5.56 Å². The van der Waals surface area contributed by atoms with Crippen LogP contribution in [-0.2, 0) is 0 Å². The predicted molar refractivity (Wildman–Crippen MR) is 69.1 cm³/mol. The second-order valence-electron chi connectivity index (χ2n) is 3.99. The first-order valence-corrected chi connectivity index (χ1v) is 6.10. The van der Waals surface area contributed by atoms with E-state index in [0.717, 1.165) is 5.56 Å². The molecule has 2 aromatic rings. The SMILES string of the molecule is Cc1ccncc1C(N)c1c(F)cc(Br)cc1F. The van der Waals surface area contributed by atoms with Gasteiger partial charge in [0.15, 0.2) is 0 Å². The fraction of sp³-hybridized carbons (Fsp3) is 0.154. The van der Waals surface area contributed by atoms with Crippen molar-refractivity contribution in [3.05, 3.63) is 63.4 Å². The van der Waals surface area contributed by atoms with Crippen molar-refractivity contribution >= 4 is 15.9 Å². The number of aryl methyl sites for hydroxylation is 1.